The molecule has 1 atom stereocenters. The zero-order valence-electron chi connectivity index (χ0n) is 11.0. The van der Waals surface area contributed by atoms with E-state index in [1.807, 2.05) is 6.92 Å². The molecule has 1 aromatic heterocycles. The third-order valence-corrected chi connectivity index (χ3v) is 2.98. The van der Waals surface area contributed by atoms with Gasteiger partial charge in [-0.3, -0.25) is 4.79 Å². The van der Waals surface area contributed by atoms with Gasteiger partial charge >= 0.3 is 0 Å². The van der Waals surface area contributed by atoms with Gasteiger partial charge in [0.25, 0.3) is 0 Å². The molecule has 1 fully saturated rings. The number of hydrogen-bond acceptors (Lipinski definition) is 6. The summed E-state index contributed by atoms with van der Waals surface area (Å²) in [6.07, 6.45) is 3.52. The van der Waals surface area contributed by atoms with E-state index in [1.54, 1.807) is 17.3 Å². The average molecular weight is 265 g/mol. The van der Waals surface area contributed by atoms with Crippen molar-refractivity contribution in [3.63, 3.8) is 0 Å². The third-order valence-electron chi connectivity index (χ3n) is 2.98. The maximum atomic E-state index is 11.4. The van der Waals surface area contributed by atoms with Crippen molar-refractivity contribution in [2.45, 2.75) is 19.5 Å². The molecule has 0 radical (unpaired) electrons. The summed E-state index contributed by atoms with van der Waals surface area (Å²) in [4.78, 5) is 21.8. The number of anilines is 1. The van der Waals surface area contributed by atoms with Gasteiger partial charge in [0, 0.05) is 31.0 Å². The monoisotopic (exact) mass is 265 g/mol. The number of nitrogens with zero attached hydrogens (tertiary/aromatic N) is 3. The Balaban J connectivity index is 2.09. The lowest BCUT2D eigenvalue weighted by molar-refractivity contribution is -0.121. The lowest BCUT2D eigenvalue weighted by atomic mass is 10.2. The number of morpholine rings is 1. The Hall–Kier alpha value is -1.73. The molecule has 3 N–H and O–H groups in total. The molecule has 0 bridgehead atoms. The fourth-order valence-corrected chi connectivity index (χ4v) is 1.94. The van der Waals surface area contributed by atoms with Crippen LogP contribution < -0.4 is 16.0 Å². The second-order valence-corrected chi connectivity index (χ2v) is 4.36. The molecule has 0 saturated carbocycles. The summed E-state index contributed by atoms with van der Waals surface area (Å²) in [6, 6.07) is -0.492. The number of aromatic nitrogens is 2. The van der Waals surface area contributed by atoms with Gasteiger partial charge in [0.05, 0.1) is 13.2 Å². The number of nitrogens with two attached hydrogens (primary N) is 1. The summed E-state index contributed by atoms with van der Waals surface area (Å²) < 4.78 is 5.26. The van der Waals surface area contributed by atoms with Crippen LogP contribution in [0, 0.1) is 0 Å². The Labute approximate surface area is 112 Å². The lowest BCUT2D eigenvalue weighted by Crippen LogP contribution is -2.53. The summed E-state index contributed by atoms with van der Waals surface area (Å²) in [6.45, 7) is 5.08. The molecule has 0 aromatic carbocycles. The van der Waals surface area contributed by atoms with E-state index in [9.17, 15) is 4.79 Å². The van der Waals surface area contributed by atoms with Crippen LogP contribution in [0.3, 0.4) is 0 Å². The predicted molar refractivity (Wildman–Crippen MR) is 70.6 cm³/mol. The molecule has 1 aliphatic rings. The molecule has 1 saturated heterocycles. The molecular formula is C12H19N5O2. The largest absolute Gasteiger partial charge is 0.377 e. The van der Waals surface area contributed by atoms with Crippen LogP contribution in [-0.4, -0.2) is 48.2 Å². The van der Waals surface area contributed by atoms with Crippen LogP contribution in [0.25, 0.3) is 0 Å². The Morgan fingerprint density at radius 2 is 2.32 bits per heavy atom. The van der Waals surface area contributed by atoms with E-state index in [2.05, 4.69) is 15.3 Å². The zero-order valence-corrected chi connectivity index (χ0v) is 11.0. The number of hydrogen-bond donors (Lipinski definition) is 2. The van der Waals surface area contributed by atoms with Gasteiger partial charge in [-0.05, 0) is 6.54 Å². The molecule has 2 rings (SSSR count). The number of primary amides is 1. The summed E-state index contributed by atoms with van der Waals surface area (Å²) >= 11 is 0. The summed E-state index contributed by atoms with van der Waals surface area (Å²) in [5.41, 5.74) is 6.37. The number of carbonyl (C=O) groups is 1. The van der Waals surface area contributed by atoms with Crippen LogP contribution in [0.4, 0.5) is 5.95 Å². The molecule has 1 aromatic rings. The van der Waals surface area contributed by atoms with Crippen LogP contribution in [0.1, 0.15) is 12.5 Å². The molecule has 1 unspecified atom stereocenters. The van der Waals surface area contributed by atoms with Crippen molar-refractivity contribution in [2.75, 3.05) is 31.2 Å². The first-order valence-corrected chi connectivity index (χ1v) is 6.37. The van der Waals surface area contributed by atoms with Gasteiger partial charge in [-0.15, -0.1) is 0 Å². The molecule has 2 heterocycles. The van der Waals surface area contributed by atoms with Gasteiger partial charge in [0.2, 0.25) is 11.9 Å². The lowest BCUT2D eigenvalue weighted by Gasteiger charge is -2.33. The van der Waals surface area contributed by atoms with Crippen molar-refractivity contribution >= 4 is 11.9 Å². The van der Waals surface area contributed by atoms with E-state index in [4.69, 9.17) is 10.5 Å². The summed E-state index contributed by atoms with van der Waals surface area (Å²) in [7, 11) is 0. The fraction of sp³-hybridized carbons (Fsp3) is 0.583. The number of amides is 1. The van der Waals surface area contributed by atoms with Crippen molar-refractivity contribution in [2.24, 2.45) is 5.73 Å². The third kappa shape index (κ3) is 3.39. The van der Waals surface area contributed by atoms with Gasteiger partial charge in [-0.2, -0.15) is 0 Å². The maximum Gasteiger partial charge on any atom is 0.242 e. The van der Waals surface area contributed by atoms with E-state index >= 15 is 0 Å². The van der Waals surface area contributed by atoms with Crippen LogP contribution in [0.5, 0.6) is 0 Å². The number of nitrogens with one attached hydrogen (secondary N) is 1. The molecule has 0 spiro atoms. The van der Waals surface area contributed by atoms with E-state index in [0.29, 0.717) is 19.1 Å². The first-order chi connectivity index (χ1) is 9.22. The topological polar surface area (TPSA) is 93.4 Å². The van der Waals surface area contributed by atoms with Gasteiger partial charge in [0.1, 0.15) is 6.04 Å². The van der Waals surface area contributed by atoms with Crippen molar-refractivity contribution in [3.8, 4) is 0 Å². The average Bonchev–Trinajstić information content (AvgIpc) is 2.45. The minimum atomic E-state index is -0.492. The highest BCUT2D eigenvalue weighted by atomic mass is 16.5. The SMILES string of the molecule is CCNCc1cnc(N2CCOCC2C(N)=O)nc1. The van der Waals surface area contributed by atoms with Crippen LogP contribution in [0.15, 0.2) is 12.4 Å². The molecule has 7 heteroatoms. The van der Waals surface area contributed by atoms with Crippen molar-refractivity contribution in [1.29, 1.82) is 0 Å². The van der Waals surface area contributed by atoms with Crippen LogP contribution >= 0.6 is 0 Å². The highest BCUT2D eigenvalue weighted by molar-refractivity contribution is 5.83. The zero-order chi connectivity index (χ0) is 13.7. The highest BCUT2D eigenvalue weighted by Crippen LogP contribution is 2.14. The Kier molecular flexibility index (Phi) is 4.64. The molecular weight excluding hydrogens is 246 g/mol. The second-order valence-electron chi connectivity index (χ2n) is 4.36. The molecule has 104 valence electrons. The number of ether oxygens (including phenoxy) is 1. The van der Waals surface area contributed by atoms with Crippen molar-refractivity contribution in [3.05, 3.63) is 18.0 Å². The van der Waals surface area contributed by atoms with E-state index in [1.165, 1.54) is 0 Å². The van der Waals surface area contributed by atoms with Gasteiger partial charge in [-0.1, -0.05) is 6.92 Å². The first-order valence-electron chi connectivity index (χ1n) is 6.37. The quantitative estimate of drug-likeness (QED) is 0.729. The molecule has 1 amide bonds. The molecule has 19 heavy (non-hydrogen) atoms. The van der Waals surface area contributed by atoms with Gasteiger partial charge in [0.15, 0.2) is 0 Å². The number of carbonyl (C=O) groups excluding carboxylic acids is 1. The van der Waals surface area contributed by atoms with Crippen LogP contribution in [0.2, 0.25) is 0 Å². The standard InChI is InChI=1S/C12H19N5O2/c1-2-14-5-9-6-15-12(16-7-9)17-3-4-19-8-10(17)11(13)18/h6-7,10,14H,2-5,8H2,1H3,(H2,13,18). The van der Waals surface area contributed by atoms with Gasteiger partial charge in [-0.25, -0.2) is 9.97 Å². The highest BCUT2D eigenvalue weighted by Gasteiger charge is 2.29. The van der Waals surface area contributed by atoms with Gasteiger partial charge < -0.3 is 20.7 Å². The first kappa shape index (κ1) is 13.7. The van der Waals surface area contributed by atoms with Crippen molar-refractivity contribution < 1.29 is 9.53 Å². The minimum Gasteiger partial charge on any atom is -0.377 e. The normalized spacial score (nSPS) is 19.4. The number of rotatable bonds is 5. The fourth-order valence-electron chi connectivity index (χ4n) is 1.94. The van der Waals surface area contributed by atoms with E-state index in [0.717, 1.165) is 18.7 Å². The summed E-state index contributed by atoms with van der Waals surface area (Å²) in [5, 5.41) is 3.20. The molecule has 1 aliphatic heterocycles. The van der Waals surface area contributed by atoms with E-state index in [-0.39, 0.29) is 6.61 Å². The molecule has 0 aliphatic carbocycles. The van der Waals surface area contributed by atoms with Crippen molar-refractivity contribution in [1.82, 2.24) is 15.3 Å². The Morgan fingerprint density at radius 3 is 2.95 bits per heavy atom. The Bertz CT molecular complexity index is 423. The smallest absolute Gasteiger partial charge is 0.242 e. The summed E-state index contributed by atoms with van der Waals surface area (Å²) in [5.74, 6) is 0.104. The van der Waals surface area contributed by atoms with Crippen LogP contribution in [-0.2, 0) is 16.1 Å². The van der Waals surface area contributed by atoms with E-state index < -0.39 is 11.9 Å². The maximum absolute atomic E-state index is 11.4. The second kappa shape index (κ2) is 6.44. The minimum absolute atomic E-state index is 0.290. The molecule has 7 nitrogen and oxygen atoms in total. The Morgan fingerprint density at radius 1 is 1.58 bits per heavy atom. The predicted octanol–water partition coefficient (Wildman–Crippen LogP) is -0.723.